The lowest BCUT2D eigenvalue weighted by atomic mass is 9.86. The molecule has 3 aromatic rings. The Morgan fingerprint density at radius 2 is 1.88 bits per heavy atom. The first-order chi connectivity index (χ1) is 20.1. The van der Waals surface area contributed by atoms with Crippen LogP contribution in [0.25, 0.3) is 10.8 Å². The molecule has 1 aromatic heterocycles. The van der Waals surface area contributed by atoms with Crippen molar-refractivity contribution in [3.05, 3.63) is 77.1 Å². The van der Waals surface area contributed by atoms with Gasteiger partial charge in [0.05, 0.1) is 17.7 Å². The highest BCUT2D eigenvalue weighted by Gasteiger charge is 2.45. The van der Waals surface area contributed by atoms with Gasteiger partial charge < -0.3 is 9.64 Å². The van der Waals surface area contributed by atoms with Crippen molar-refractivity contribution in [3.63, 3.8) is 0 Å². The van der Waals surface area contributed by atoms with Crippen molar-refractivity contribution in [2.45, 2.75) is 69.9 Å². The third-order valence-electron chi connectivity index (χ3n) is 9.78. The average molecular weight is 581 g/mol. The first-order valence-corrected chi connectivity index (χ1v) is 15.0. The Morgan fingerprint density at radius 1 is 1.10 bits per heavy atom. The van der Waals surface area contributed by atoms with Crippen LogP contribution in [-0.2, 0) is 17.3 Å². The molecule has 42 heavy (non-hydrogen) atoms. The zero-order valence-corrected chi connectivity index (χ0v) is 24.5. The first-order valence-electron chi connectivity index (χ1n) is 15.0. The molecule has 1 aliphatic carbocycles. The van der Waals surface area contributed by atoms with Gasteiger partial charge >= 0.3 is 6.18 Å². The molecule has 2 saturated heterocycles. The Labute approximate surface area is 245 Å². The predicted octanol–water partition coefficient (Wildman–Crippen LogP) is 5.96. The molecular formula is C33H39F3N4O2. The van der Waals surface area contributed by atoms with E-state index in [1.807, 2.05) is 36.1 Å². The fraction of sp³-hybridized carbons (Fsp3) is 0.515. The van der Waals surface area contributed by atoms with E-state index >= 15 is 0 Å². The molecule has 1 amide bonds. The number of ether oxygens (including phenoxy) is 1. The molecule has 0 radical (unpaired) electrons. The van der Waals surface area contributed by atoms with Crippen LogP contribution in [0.4, 0.5) is 13.2 Å². The van der Waals surface area contributed by atoms with Crippen molar-refractivity contribution < 1.29 is 22.7 Å². The quantitative estimate of drug-likeness (QED) is 0.373. The summed E-state index contributed by atoms with van der Waals surface area (Å²) < 4.78 is 46.4. The number of piperazine rings is 1. The predicted molar refractivity (Wildman–Crippen MR) is 156 cm³/mol. The van der Waals surface area contributed by atoms with Crippen LogP contribution < -0.4 is 0 Å². The van der Waals surface area contributed by atoms with Gasteiger partial charge in [0.15, 0.2) is 0 Å². The molecule has 0 spiro atoms. The number of piperidine rings is 1. The van der Waals surface area contributed by atoms with Gasteiger partial charge in [0.1, 0.15) is 0 Å². The van der Waals surface area contributed by atoms with E-state index in [0.717, 1.165) is 59.9 Å². The second-order valence-corrected chi connectivity index (χ2v) is 12.3. The normalized spacial score (nSPS) is 25.1. The van der Waals surface area contributed by atoms with Crippen molar-refractivity contribution in [2.24, 2.45) is 0 Å². The number of carbonyl (C=O) groups is 1. The molecule has 0 saturated carbocycles. The number of hydrogen-bond donors (Lipinski definition) is 0. The Balaban J connectivity index is 1.13. The highest BCUT2D eigenvalue weighted by atomic mass is 19.4. The number of hydrogen-bond acceptors (Lipinski definition) is 5. The molecule has 3 heterocycles. The van der Waals surface area contributed by atoms with E-state index in [1.165, 1.54) is 12.1 Å². The maximum absolute atomic E-state index is 13.5. The smallest absolute Gasteiger partial charge is 0.376 e. The molecule has 0 bridgehead atoms. The fourth-order valence-corrected chi connectivity index (χ4v) is 7.39. The van der Waals surface area contributed by atoms with Gasteiger partial charge in [-0.3, -0.25) is 19.6 Å². The Bertz CT molecular complexity index is 1450. The third-order valence-corrected chi connectivity index (χ3v) is 9.78. The highest BCUT2D eigenvalue weighted by Crippen LogP contribution is 2.43. The topological polar surface area (TPSA) is 48.9 Å². The summed E-state index contributed by atoms with van der Waals surface area (Å²) in [5.41, 5.74) is 1.82. The number of halogens is 3. The van der Waals surface area contributed by atoms with Crippen LogP contribution in [-0.4, -0.2) is 82.6 Å². The summed E-state index contributed by atoms with van der Waals surface area (Å²) >= 11 is 0. The molecule has 6 rings (SSSR count). The lowest BCUT2D eigenvalue weighted by Crippen LogP contribution is -2.62. The number of pyridine rings is 1. The van der Waals surface area contributed by atoms with Gasteiger partial charge in [0.25, 0.3) is 5.91 Å². The standard InChI is InChI=1S/C33H39F3N4O2/c1-4-42-29-19-24-18-25(33(34,35)36)8-9-27(24)30(29)40-17-16-39(21-22(40)2)32(3)11-14-38(15-12-32)31(41)28-7-5-6-23-20-37-13-10-26(23)28/h5-10,13,18,20,22,29-30H,4,11-12,14-17,19,21H2,1-3H3/t22-,29+,30-/m0/s1. The summed E-state index contributed by atoms with van der Waals surface area (Å²) in [6, 6.07) is 12.1. The van der Waals surface area contributed by atoms with Gasteiger partial charge in [-0.15, -0.1) is 0 Å². The molecule has 2 aromatic carbocycles. The zero-order valence-electron chi connectivity index (χ0n) is 24.5. The van der Waals surface area contributed by atoms with Crippen LogP contribution in [0.2, 0.25) is 0 Å². The second kappa shape index (κ2) is 11.2. The molecule has 3 atom stereocenters. The number of alkyl halides is 3. The lowest BCUT2D eigenvalue weighted by molar-refractivity contribution is -0.137. The Morgan fingerprint density at radius 3 is 2.60 bits per heavy atom. The summed E-state index contributed by atoms with van der Waals surface area (Å²) in [6.07, 6.45) is 1.30. The van der Waals surface area contributed by atoms with Crippen LogP contribution in [0.15, 0.2) is 54.9 Å². The second-order valence-electron chi connectivity index (χ2n) is 12.3. The molecule has 9 heteroatoms. The minimum atomic E-state index is -4.35. The van der Waals surface area contributed by atoms with Crippen molar-refractivity contribution in [2.75, 3.05) is 39.3 Å². The van der Waals surface area contributed by atoms with Crippen LogP contribution in [0.5, 0.6) is 0 Å². The van der Waals surface area contributed by atoms with E-state index in [9.17, 15) is 18.0 Å². The number of aromatic nitrogens is 1. The molecular weight excluding hydrogens is 541 g/mol. The van der Waals surface area contributed by atoms with Gasteiger partial charge in [-0.25, -0.2) is 0 Å². The summed E-state index contributed by atoms with van der Waals surface area (Å²) in [6.45, 7) is 11.0. The van der Waals surface area contributed by atoms with Crippen LogP contribution in [0, 0.1) is 0 Å². The van der Waals surface area contributed by atoms with E-state index < -0.39 is 11.7 Å². The summed E-state index contributed by atoms with van der Waals surface area (Å²) in [5, 5.41) is 1.90. The van der Waals surface area contributed by atoms with Crippen LogP contribution in [0.1, 0.15) is 66.7 Å². The number of benzene rings is 2. The van der Waals surface area contributed by atoms with Crippen molar-refractivity contribution in [3.8, 4) is 0 Å². The first kappa shape index (κ1) is 29.1. The Kier molecular flexibility index (Phi) is 7.79. The van der Waals surface area contributed by atoms with Gasteiger partial charge in [-0.05, 0) is 74.4 Å². The molecule has 0 unspecified atom stereocenters. The average Bonchev–Trinajstić information content (AvgIpc) is 3.33. The van der Waals surface area contributed by atoms with E-state index in [1.54, 1.807) is 18.5 Å². The van der Waals surface area contributed by atoms with Gasteiger partial charge in [0.2, 0.25) is 0 Å². The monoisotopic (exact) mass is 580 g/mol. The summed E-state index contributed by atoms with van der Waals surface area (Å²) in [4.78, 5) is 24.7. The largest absolute Gasteiger partial charge is 0.416 e. The summed E-state index contributed by atoms with van der Waals surface area (Å²) in [7, 11) is 0. The lowest BCUT2D eigenvalue weighted by Gasteiger charge is -2.53. The number of rotatable bonds is 5. The minimum Gasteiger partial charge on any atom is -0.376 e. The number of fused-ring (bicyclic) bond motifs is 2. The number of likely N-dealkylation sites (tertiary alicyclic amines) is 1. The number of nitrogens with zero attached hydrogens (tertiary/aromatic N) is 4. The molecule has 2 fully saturated rings. The molecule has 6 nitrogen and oxygen atoms in total. The van der Waals surface area contributed by atoms with Gasteiger partial charge in [0, 0.05) is 80.7 Å². The van der Waals surface area contributed by atoms with Crippen molar-refractivity contribution in [1.29, 1.82) is 0 Å². The van der Waals surface area contributed by atoms with E-state index in [-0.39, 0.29) is 29.6 Å². The van der Waals surface area contributed by atoms with Crippen LogP contribution in [0.3, 0.4) is 0 Å². The van der Waals surface area contributed by atoms with Crippen molar-refractivity contribution >= 4 is 16.7 Å². The Hall–Kier alpha value is -3.01. The maximum Gasteiger partial charge on any atom is 0.416 e. The van der Waals surface area contributed by atoms with Gasteiger partial charge in [-0.1, -0.05) is 18.2 Å². The molecule has 0 N–H and O–H groups in total. The van der Waals surface area contributed by atoms with E-state index in [4.69, 9.17) is 4.74 Å². The third kappa shape index (κ3) is 5.31. The minimum absolute atomic E-state index is 0.0195. The van der Waals surface area contributed by atoms with Crippen LogP contribution >= 0.6 is 0 Å². The van der Waals surface area contributed by atoms with Gasteiger partial charge in [-0.2, -0.15) is 13.2 Å². The van der Waals surface area contributed by atoms with Crippen molar-refractivity contribution in [1.82, 2.24) is 19.7 Å². The fourth-order valence-electron chi connectivity index (χ4n) is 7.39. The number of carbonyl (C=O) groups excluding carboxylic acids is 1. The molecule has 2 aliphatic heterocycles. The SMILES string of the molecule is CCO[C@@H]1Cc2cc(C(F)(F)F)ccc2[C@@H]1N1CCN(C2(C)CCN(C(=O)c3cccc4cnccc34)CC2)C[C@@H]1C. The number of amides is 1. The van der Waals surface area contributed by atoms with E-state index in [0.29, 0.717) is 26.1 Å². The summed E-state index contributed by atoms with van der Waals surface area (Å²) in [5.74, 6) is 0.0718. The molecule has 3 aliphatic rings. The maximum atomic E-state index is 13.5. The molecule has 224 valence electrons. The highest BCUT2D eigenvalue weighted by molar-refractivity contribution is 6.06. The van der Waals surface area contributed by atoms with E-state index in [2.05, 4.69) is 28.6 Å². The zero-order chi connectivity index (χ0) is 29.6.